The second-order valence-corrected chi connectivity index (χ2v) is 9.50. The second-order valence-electron chi connectivity index (χ2n) is 9.50. The highest BCUT2D eigenvalue weighted by atomic mass is 16.2. The molecule has 2 rings (SSSR count). The second kappa shape index (κ2) is 13.2. The highest BCUT2D eigenvalue weighted by Crippen LogP contribution is 2.26. The van der Waals surface area contributed by atoms with Gasteiger partial charge in [0.2, 0.25) is 17.7 Å². The number of likely N-dealkylation sites (tertiary alicyclic amines) is 1. The van der Waals surface area contributed by atoms with E-state index in [4.69, 9.17) is 5.73 Å². The molecule has 1 aromatic carbocycles. The summed E-state index contributed by atoms with van der Waals surface area (Å²) in [6, 6.07) is 9.60. The molecule has 1 heterocycles. The van der Waals surface area contributed by atoms with E-state index in [1.807, 2.05) is 36.9 Å². The number of benzene rings is 1. The predicted molar refractivity (Wildman–Crippen MR) is 128 cm³/mol. The van der Waals surface area contributed by atoms with Gasteiger partial charge in [0.05, 0.1) is 0 Å². The highest BCUT2D eigenvalue weighted by Gasteiger charge is 2.35. The normalized spacial score (nSPS) is 18.8. The van der Waals surface area contributed by atoms with Crippen LogP contribution < -0.4 is 11.1 Å². The topological polar surface area (TPSA) is 92.5 Å². The standard InChI is InChI=1S/C26H41N3O3/c1-4-5-13-21(24(27)30)22(18-19(2)3)25(31)28-23-14-9-10-16-29(26(23)32)17-15-20-11-7-6-8-12-20/h6-8,11-12,19,21-23H,4-5,9-10,13-18H2,1-3H3,(H2,27,30)(H,28,31)/t21?,22?,23-/m0/s1. The van der Waals surface area contributed by atoms with Crippen molar-refractivity contribution in [2.45, 2.75) is 78.2 Å². The fraction of sp³-hybridized carbons (Fsp3) is 0.654. The number of unbranched alkanes of at least 4 members (excludes halogenated alkanes) is 1. The number of primary amides is 1. The summed E-state index contributed by atoms with van der Waals surface area (Å²) in [5.41, 5.74) is 6.90. The Morgan fingerprint density at radius 3 is 2.50 bits per heavy atom. The number of rotatable bonds is 12. The molecule has 178 valence electrons. The molecule has 0 radical (unpaired) electrons. The van der Waals surface area contributed by atoms with Crippen LogP contribution in [0, 0.1) is 17.8 Å². The van der Waals surface area contributed by atoms with Crippen molar-refractivity contribution in [3.63, 3.8) is 0 Å². The maximum atomic E-state index is 13.3. The molecular formula is C26H41N3O3. The van der Waals surface area contributed by atoms with Gasteiger partial charge in [-0.25, -0.2) is 0 Å². The van der Waals surface area contributed by atoms with E-state index in [1.165, 1.54) is 5.56 Å². The van der Waals surface area contributed by atoms with Gasteiger partial charge in [0.15, 0.2) is 0 Å². The maximum Gasteiger partial charge on any atom is 0.245 e. The third-order valence-corrected chi connectivity index (χ3v) is 6.39. The first-order valence-electron chi connectivity index (χ1n) is 12.3. The summed E-state index contributed by atoms with van der Waals surface area (Å²) in [5.74, 6) is -1.38. The SMILES string of the molecule is CCCCC(C(N)=O)C(CC(C)C)C(=O)N[C@H]1CCCCN(CCc2ccccc2)C1=O. The molecule has 0 saturated carbocycles. The number of hydrogen-bond acceptors (Lipinski definition) is 3. The zero-order valence-corrected chi connectivity index (χ0v) is 20.0. The number of nitrogens with one attached hydrogen (secondary N) is 1. The molecule has 0 aliphatic carbocycles. The van der Waals surface area contributed by atoms with Crippen LogP contribution in [0.15, 0.2) is 30.3 Å². The van der Waals surface area contributed by atoms with Crippen molar-refractivity contribution in [1.82, 2.24) is 10.2 Å². The molecule has 2 unspecified atom stereocenters. The zero-order valence-electron chi connectivity index (χ0n) is 20.0. The molecule has 3 amide bonds. The molecule has 32 heavy (non-hydrogen) atoms. The average Bonchev–Trinajstić information content (AvgIpc) is 2.93. The lowest BCUT2D eigenvalue weighted by Crippen LogP contribution is -2.51. The maximum absolute atomic E-state index is 13.3. The number of carbonyl (C=O) groups is 3. The predicted octanol–water partition coefficient (Wildman–Crippen LogP) is 3.68. The smallest absolute Gasteiger partial charge is 0.245 e. The first kappa shape index (κ1) is 25.9. The van der Waals surface area contributed by atoms with Crippen molar-refractivity contribution in [3.8, 4) is 0 Å². The summed E-state index contributed by atoms with van der Waals surface area (Å²) in [4.78, 5) is 40.6. The van der Waals surface area contributed by atoms with Crippen LogP contribution in [0.1, 0.15) is 71.3 Å². The van der Waals surface area contributed by atoms with Crippen LogP contribution in [0.3, 0.4) is 0 Å². The van der Waals surface area contributed by atoms with Crippen molar-refractivity contribution in [2.75, 3.05) is 13.1 Å². The minimum absolute atomic E-state index is 0.0146. The zero-order chi connectivity index (χ0) is 23.5. The van der Waals surface area contributed by atoms with Gasteiger partial charge in [-0.05, 0) is 50.0 Å². The van der Waals surface area contributed by atoms with Crippen molar-refractivity contribution in [2.24, 2.45) is 23.5 Å². The van der Waals surface area contributed by atoms with Crippen LogP contribution >= 0.6 is 0 Å². The van der Waals surface area contributed by atoms with Gasteiger partial charge in [-0.15, -0.1) is 0 Å². The van der Waals surface area contributed by atoms with Gasteiger partial charge in [-0.1, -0.05) is 63.9 Å². The Hall–Kier alpha value is -2.37. The Labute approximate surface area is 193 Å². The Morgan fingerprint density at radius 2 is 1.88 bits per heavy atom. The number of carbonyl (C=O) groups excluding carboxylic acids is 3. The van der Waals surface area contributed by atoms with E-state index >= 15 is 0 Å². The minimum atomic E-state index is -0.532. The monoisotopic (exact) mass is 443 g/mol. The van der Waals surface area contributed by atoms with Gasteiger partial charge in [-0.2, -0.15) is 0 Å². The van der Waals surface area contributed by atoms with Crippen LogP contribution in [-0.2, 0) is 20.8 Å². The van der Waals surface area contributed by atoms with Crippen LogP contribution in [0.4, 0.5) is 0 Å². The molecule has 1 aliphatic heterocycles. The molecular weight excluding hydrogens is 402 g/mol. The molecule has 0 aromatic heterocycles. The number of amides is 3. The molecule has 3 atom stereocenters. The molecule has 1 saturated heterocycles. The lowest BCUT2D eigenvalue weighted by Gasteiger charge is -2.29. The molecule has 6 heteroatoms. The van der Waals surface area contributed by atoms with Crippen LogP contribution in [0.5, 0.6) is 0 Å². The molecule has 3 N–H and O–H groups in total. The molecule has 1 fully saturated rings. The fourth-order valence-corrected chi connectivity index (χ4v) is 4.58. The van der Waals surface area contributed by atoms with E-state index in [0.717, 1.165) is 32.1 Å². The van der Waals surface area contributed by atoms with Gasteiger partial charge >= 0.3 is 0 Å². The Balaban J connectivity index is 2.08. The van der Waals surface area contributed by atoms with Crippen LogP contribution in [0.25, 0.3) is 0 Å². The number of nitrogens with two attached hydrogens (primary N) is 1. The largest absolute Gasteiger partial charge is 0.369 e. The fourth-order valence-electron chi connectivity index (χ4n) is 4.58. The van der Waals surface area contributed by atoms with E-state index < -0.39 is 23.8 Å². The first-order chi connectivity index (χ1) is 15.3. The van der Waals surface area contributed by atoms with Crippen molar-refractivity contribution in [3.05, 3.63) is 35.9 Å². The third-order valence-electron chi connectivity index (χ3n) is 6.39. The lowest BCUT2D eigenvalue weighted by atomic mass is 9.81. The van der Waals surface area contributed by atoms with Crippen LogP contribution in [-0.4, -0.2) is 41.8 Å². The quantitative estimate of drug-likeness (QED) is 0.516. The van der Waals surface area contributed by atoms with Crippen LogP contribution in [0.2, 0.25) is 0 Å². The summed E-state index contributed by atoms with van der Waals surface area (Å²) in [7, 11) is 0. The highest BCUT2D eigenvalue weighted by molar-refractivity contribution is 5.91. The van der Waals surface area contributed by atoms with Gasteiger partial charge < -0.3 is 16.0 Å². The van der Waals surface area contributed by atoms with Gasteiger partial charge in [0.1, 0.15) is 6.04 Å². The molecule has 0 spiro atoms. The van der Waals surface area contributed by atoms with E-state index in [9.17, 15) is 14.4 Å². The Kier molecular flexibility index (Phi) is 10.7. The summed E-state index contributed by atoms with van der Waals surface area (Å²) < 4.78 is 0. The van der Waals surface area contributed by atoms with E-state index in [-0.39, 0.29) is 17.7 Å². The summed E-state index contributed by atoms with van der Waals surface area (Å²) in [6.07, 6.45) is 6.24. The van der Waals surface area contributed by atoms with Gasteiger partial charge in [0, 0.05) is 24.9 Å². The van der Waals surface area contributed by atoms with E-state index in [1.54, 1.807) is 0 Å². The van der Waals surface area contributed by atoms with Crippen molar-refractivity contribution < 1.29 is 14.4 Å². The summed E-state index contributed by atoms with van der Waals surface area (Å²) >= 11 is 0. The van der Waals surface area contributed by atoms with Crippen molar-refractivity contribution >= 4 is 17.7 Å². The Morgan fingerprint density at radius 1 is 1.16 bits per heavy atom. The van der Waals surface area contributed by atoms with Crippen molar-refractivity contribution in [1.29, 1.82) is 0 Å². The van der Waals surface area contributed by atoms with Gasteiger partial charge in [-0.3, -0.25) is 14.4 Å². The van der Waals surface area contributed by atoms with Gasteiger partial charge in [0.25, 0.3) is 0 Å². The molecule has 6 nitrogen and oxygen atoms in total. The first-order valence-corrected chi connectivity index (χ1v) is 12.3. The van der Waals surface area contributed by atoms with E-state index in [2.05, 4.69) is 24.4 Å². The molecule has 0 bridgehead atoms. The third kappa shape index (κ3) is 7.95. The Bertz CT molecular complexity index is 735. The summed E-state index contributed by atoms with van der Waals surface area (Å²) in [5, 5.41) is 3.02. The minimum Gasteiger partial charge on any atom is -0.369 e. The lowest BCUT2D eigenvalue weighted by molar-refractivity contribution is -0.139. The van der Waals surface area contributed by atoms with E-state index in [0.29, 0.717) is 32.4 Å². The average molecular weight is 444 g/mol. The number of nitrogens with zero attached hydrogens (tertiary/aromatic N) is 1. The number of hydrogen-bond donors (Lipinski definition) is 2. The molecule has 1 aliphatic rings. The summed E-state index contributed by atoms with van der Waals surface area (Å²) in [6.45, 7) is 7.50. The molecule has 1 aromatic rings.